The molecule has 0 radical (unpaired) electrons. The predicted molar refractivity (Wildman–Crippen MR) is 138 cm³/mol. The van der Waals surface area contributed by atoms with E-state index >= 15 is 0 Å². The fourth-order valence-electron chi connectivity index (χ4n) is 4.23. The quantitative estimate of drug-likeness (QED) is 0.228. The molecule has 1 unspecified atom stereocenters. The van der Waals surface area contributed by atoms with Crippen molar-refractivity contribution in [2.45, 2.75) is 29.4 Å². The summed E-state index contributed by atoms with van der Waals surface area (Å²) in [4.78, 5) is 15.6. The molecule has 5 rings (SSSR count). The lowest BCUT2D eigenvalue weighted by Crippen LogP contribution is -2.31. The van der Waals surface area contributed by atoms with Gasteiger partial charge in [0.25, 0.3) is 0 Å². The molecule has 0 amide bonds. The van der Waals surface area contributed by atoms with Crippen molar-refractivity contribution in [3.8, 4) is 0 Å². The minimum absolute atomic E-state index is 0.0700. The summed E-state index contributed by atoms with van der Waals surface area (Å²) < 4.78 is 1.95. The number of anilines is 1. The maximum atomic E-state index is 8.88. The second kappa shape index (κ2) is 10.2. The average Bonchev–Trinajstić information content (AvgIpc) is 3.51. The number of likely N-dealkylation sites (N-methyl/N-ethyl adjacent to an activating group) is 1. The zero-order valence-electron chi connectivity index (χ0n) is 20.1. The Hall–Kier alpha value is -3.21. The summed E-state index contributed by atoms with van der Waals surface area (Å²) in [5.74, 6) is 0. The van der Waals surface area contributed by atoms with Gasteiger partial charge in [-0.2, -0.15) is 0 Å². The largest absolute Gasteiger partial charge is 0.393 e. The fourth-order valence-corrected chi connectivity index (χ4v) is 5.09. The molecule has 4 aromatic rings. The van der Waals surface area contributed by atoms with E-state index in [-0.39, 0.29) is 13.2 Å². The van der Waals surface area contributed by atoms with Crippen LogP contribution >= 0.6 is 11.8 Å². The molecule has 0 spiro atoms. The van der Waals surface area contributed by atoms with Gasteiger partial charge in [-0.05, 0) is 75.6 Å². The zero-order valence-corrected chi connectivity index (χ0v) is 20.9. The molecular weight excluding hydrogens is 462 g/mol. The molecule has 1 N–H and O–H groups in total. The first kappa shape index (κ1) is 23.5. The molecule has 3 aromatic heterocycles. The van der Waals surface area contributed by atoms with Gasteiger partial charge in [0, 0.05) is 41.2 Å². The number of aliphatic hydroxyl groups is 1. The van der Waals surface area contributed by atoms with Crippen LogP contribution in [0.15, 0.2) is 64.0 Å². The molecule has 4 heterocycles. The number of hydrogen-bond donors (Lipinski definition) is 1. The molecular formula is C25H29N7O2S. The Morgan fingerprint density at radius 3 is 2.91 bits per heavy atom. The number of nitrogens with zero attached hydrogens (tertiary/aromatic N) is 7. The van der Waals surface area contributed by atoms with Gasteiger partial charge in [-0.25, -0.2) is 0 Å². The summed E-state index contributed by atoms with van der Waals surface area (Å²) in [6.45, 7) is 4.03. The number of oxime groups is 1. The molecule has 1 aromatic carbocycles. The SMILES string of the molecule is C/C(=N\OCCO)c1ccc2nnc(Sc3ccc4ncc(N5CCC(N(C)C)C5)cc4c3)n2c1. The van der Waals surface area contributed by atoms with E-state index in [1.807, 2.05) is 35.9 Å². The van der Waals surface area contributed by atoms with E-state index in [1.165, 1.54) is 12.1 Å². The van der Waals surface area contributed by atoms with Crippen molar-refractivity contribution in [2.24, 2.45) is 5.16 Å². The molecule has 1 aliphatic rings. The highest BCUT2D eigenvalue weighted by molar-refractivity contribution is 7.99. The Kier molecular flexibility index (Phi) is 6.85. The molecule has 0 bridgehead atoms. The summed E-state index contributed by atoms with van der Waals surface area (Å²) in [6.07, 6.45) is 5.10. The van der Waals surface area contributed by atoms with E-state index in [1.54, 1.807) is 11.8 Å². The van der Waals surface area contributed by atoms with Gasteiger partial charge in [0.1, 0.15) is 6.61 Å². The van der Waals surface area contributed by atoms with Gasteiger partial charge < -0.3 is 19.7 Å². The van der Waals surface area contributed by atoms with E-state index in [2.05, 4.69) is 63.5 Å². The summed E-state index contributed by atoms with van der Waals surface area (Å²) in [5.41, 5.74) is 4.51. The van der Waals surface area contributed by atoms with Crippen LogP contribution < -0.4 is 4.90 Å². The molecule has 0 aliphatic carbocycles. The van der Waals surface area contributed by atoms with E-state index in [9.17, 15) is 0 Å². The van der Waals surface area contributed by atoms with Crippen LogP contribution in [0.4, 0.5) is 5.69 Å². The molecule has 1 atom stereocenters. The van der Waals surface area contributed by atoms with Gasteiger partial charge >= 0.3 is 0 Å². The van der Waals surface area contributed by atoms with Crippen LogP contribution in [-0.4, -0.2) is 81.7 Å². The maximum Gasteiger partial charge on any atom is 0.200 e. The number of rotatable bonds is 8. The second-order valence-corrected chi connectivity index (χ2v) is 9.90. The average molecular weight is 492 g/mol. The number of aromatic nitrogens is 4. The van der Waals surface area contributed by atoms with Crippen LogP contribution in [-0.2, 0) is 4.84 Å². The molecule has 9 nitrogen and oxygen atoms in total. The van der Waals surface area contributed by atoms with Crippen molar-refractivity contribution in [1.29, 1.82) is 0 Å². The van der Waals surface area contributed by atoms with Gasteiger partial charge in [0.2, 0.25) is 0 Å². The van der Waals surface area contributed by atoms with Gasteiger partial charge in [0.05, 0.1) is 29.7 Å². The van der Waals surface area contributed by atoms with Crippen molar-refractivity contribution in [3.05, 3.63) is 54.4 Å². The highest BCUT2D eigenvalue weighted by Crippen LogP contribution is 2.31. The first-order valence-electron chi connectivity index (χ1n) is 11.6. The summed E-state index contributed by atoms with van der Waals surface area (Å²) in [7, 11) is 4.29. The molecule has 1 saturated heterocycles. The lowest BCUT2D eigenvalue weighted by molar-refractivity contribution is 0.0986. The topological polar surface area (TPSA) is 91.4 Å². The van der Waals surface area contributed by atoms with Crippen LogP contribution in [0.5, 0.6) is 0 Å². The van der Waals surface area contributed by atoms with E-state index in [4.69, 9.17) is 14.9 Å². The number of benzene rings is 1. The highest BCUT2D eigenvalue weighted by atomic mass is 32.2. The van der Waals surface area contributed by atoms with Gasteiger partial charge in [-0.15, -0.1) is 10.2 Å². The summed E-state index contributed by atoms with van der Waals surface area (Å²) in [6, 6.07) is 12.9. The monoisotopic (exact) mass is 491 g/mol. The van der Waals surface area contributed by atoms with Gasteiger partial charge in [-0.3, -0.25) is 9.38 Å². The van der Waals surface area contributed by atoms with Crippen molar-refractivity contribution >= 4 is 39.7 Å². The van der Waals surface area contributed by atoms with Crippen LogP contribution in [0.2, 0.25) is 0 Å². The number of pyridine rings is 2. The normalized spacial score (nSPS) is 16.7. The predicted octanol–water partition coefficient (Wildman–Crippen LogP) is 3.30. The Balaban J connectivity index is 1.39. The third-order valence-electron chi connectivity index (χ3n) is 6.28. The van der Waals surface area contributed by atoms with Crippen LogP contribution in [0.1, 0.15) is 18.9 Å². The van der Waals surface area contributed by atoms with Gasteiger partial charge in [0.15, 0.2) is 10.8 Å². The standard InChI is InChI=1S/C25H29N7O2S/c1-17(29-34-11-10-33)18-4-7-24-27-28-25(32(24)15-18)35-22-5-6-23-19(13-22)12-21(14-26-23)31-9-8-20(16-31)30(2)3/h4-7,12-15,20,33H,8-11,16H2,1-3H3/b29-17+. The van der Waals surface area contributed by atoms with Crippen LogP contribution in [0.25, 0.3) is 16.6 Å². The van der Waals surface area contributed by atoms with E-state index in [0.717, 1.165) is 45.3 Å². The zero-order chi connectivity index (χ0) is 24.4. The highest BCUT2D eigenvalue weighted by Gasteiger charge is 2.24. The van der Waals surface area contributed by atoms with Gasteiger partial charge in [-0.1, -0.05) is 5.16 Å². The summed E-state index contributed by atoms with van der Waals surface area (Å²) in [5, 5.41) is 23.5. The Bertz CT molecular complexity index is 1370. The number of fused-ring (bicyclic) bond motifs is 2. The molecule has 1 fully saturated rings. The lowest BCUT2D eigenvalue weighted by atomic mass is 10.2. The number of hydrogen-bond acceptors (Lipinski definition) is 9. The van der Waals surface area contributed by atoms with Crippen molar-refractivity contribution in [1.82, 2.24) is 24.5 Å². The first-order valence-corrected chi connectivity index (χ1v) is 12.4. The second-order valence-electron chi connectivity index (χ2n) is 8.86. The maximum absolute atomic E-state index is 8.88. The minimum Gasteiger partial charge on any atom is -0.393 e. The Morgan fingerprint density at radius 1 is 1.23 bits per heavy atom. The molecule has 0 saturated carbocycles. The molecule has 35 heavy (non-hydrogen) atoms. The molecule has 10 heteroatoms. The minimum atomic E-state index is -0.0700. The molecule has 1 aliphatic heterocycles. The third-order valence-corrected chi connectivity index (χ3v) is 7.23. The Morgan fingerprint density at radius 2 is 2.11 bits per heavy atom. The first-order chi connectivity index (χ1) is 17.0. The van der Waals surface area contributed by atoms with Crippen LogP contribution in [0.3, 0.4) is 0 Å². The summed E-state index contributed by atoms with van der Waals surface area (Å²) >= 11 is 1.56. The molecule has 182 valence electrons. The smallest absolute Gasteiger partial charge is 0.200 e. The van der Waals surface area contributed by atoms with Crippen molar-refractivity contribution < 1.29 is 9.94 Å². The van der Waals surface area contributed by atoms with Crippen molar-refractivity contribution in [3.63, 3.8) is 0 Å². The van der Waals surface area contributed by atoms with Crippen LogP contribution in [0, 0.1) is 0 Å². The lowest BCUT2D eigenvalue weighted by Gasteiger charge is -2.21. The number of aliphatic hydroxyl groups excluding tert-OH is 1. The van der Waals surface area contributed by atoms with E-state index in [0.29, 0.717) is 11.8 Å². The third kappa shape index (κ3) is 5.09. The van der Waals surface area contributed by atoms with Crippen molar-refractivity contribution in [2.75, 3.05) is 45.3 Å². The van der Waals surface area contributed by atoms with E-state index < -0.39 is 0 Å². The fraction of sp³-hybridized carbons (Fsp3) is 0.360. The Labute approximate surface area is 208 Å².